The molecule has 1 amide bonds. The second-order valence-corrected chi connectivity index (χ2v) is 8.90. The van der Waals surface area contributed by atoms with Gasteiger partial charge in [0.15, 0.2) is 0 Å². The van der Waals surface area contributed by atoms with E-state index in [-0.39, 0.29) is 0 Å². The van der Waals surface area contributed by atoms with Gasteiger partial charge in [-0.25, -0.2) is 14.3 Å². The summed E-state index contributed by atoms with van der Waals surface area (Å²) in [7, 11) is 0. The summed E-state index contributed by atoms with van der Waals surface area (Å²) in [5.41, 5.74) is 3.11. The molecule has 3 N–H and O–H groups in total. The fourth-order valence-corrected chi connectivity index (χ4v) is 5.28. The molecule has 0 radical (unpaired) electrons. The van der Waals surface area contributed by atoms with E-state index in [1.54, 1.807) is 10.8 Å². The average Bonchev–Trinajstić information content (AvgIpc) is 3.40. The third kappa shape index (κ3) is 3.86. The smallest absolute Gasteiger partial charge is 0.404 e. The molecule has 3 aromatic heterocycles. The summed E-state index contributed by atoms with van der Waals surface area (Å²) in [5.74, 6) is 1.69. The SMILES string of the molecule is O=C(O)NCC1CCN(C[C@H]2CC[C@H](c3nnn4cnc5[nH]ccc5c34)CC2)CC1. The van der Waals surface area contributed by atoms with Crippen molar-refractivity contribution in [3.05, 3.63) is 24.3 Å². The molecule has 0 aromatic carbocycles. The second kappa shape index (κ2) is 8.22. The van der Waals surface area contributed by atoms with Crippen molar-refractivity contribution in [2.45, 2.75) is 44.4 Å². The van der Waals surface area contributed by atoms with Gasteiger partial charge >= 0.3 is 6.09 Å². The number of amides is 1. The van der Waals surface area contributed by atoms with Crippen molar-refractivity contribution in [2.24, 2.45) is 11.8 Å². The van der Waals surface area contributed by atoms with Gasteiger partial charge in [0.05, 0.1) is 5.69 Å². The van der Waals surface area contributed by atoms with Gasteiger partial charge in [-0.15, -0.1) is 5.10 Å². The molecule has 1 aliphatic carbocycles. The van der Waals surface area contributed by atoms with E-state index >= 15 is 0 Å². The van der Waals surface area contributed by atoms with Crippen molar-refractivity contribution >= 4 is 22.6 Å². The minimum atomic E-state index is -0.914. The Labute approximate surface area is 174 Å². The zero-order chi connectivity index (χ0) is 20.5. The van der Waals surface area contributed by atoms with Crippen LogP contribution in [-0.2, 0) is 0 Å². The lowest BCUT2D eigenvalue weighted by Gasteiger charge is -2.36. The summed E-state index contributed by atoms with van der Waals surface area (Å²) in [6.45, 7) is 3.92. The van der Waals surface area contributed by atoms with Gasteiger partial charge in [0, 0.05) is 30.6 Å². The maximum atomic E-state index is 10.7. The van der Waals surface area contributed by atoms with Gasteiger partial charge in [-0.2, -0.15) is 0 Å². The molecule has 0 spiro atoms. The first-order valence-electron chi connectivity index (χ1n) is 11.0. The minimum Gasteiger partial charge on any atom is -0.465 e. The molecule has 3 aromatic rings. The van der Waals surface area contributed by atoms with Crippen molar-refractivity contribution in [1.29, 1.82) is 0 Å². The van der Waals surface area contributed by atoms with Crippen molar-refractivity contribution in [2.75, 3.05) is 26.2 Å². The van der Waals surface area contributed by atoms with Gasteiger partial charge in [0.2, 0.25) is 0 Å². The van der Waals surface area contributed by atoms with Gasteiger partial charge in [-0.05, 0) is 69.5 Å². The highest BCUT2D eigenvalue weighted by atomic mass is 16.4. The van der Waals surface area contributed by atoms with Crippen molar-refractivity contribution in [1.82, 2.24) is 35.0 Å². The highest BCUT2D eigenvalue weighted by Crippen LogP contribution is 2.38. The maximum absolute atomic E-state index is 10.7. The predicted molar refractivity (Wildman–Crippen MR) is 113 cm³/mol. The summed E-state index contributed by atoms with van der Waals surface area (Å²) in [6.07, 6.45) is 9.70. The van der Waals surface area contributed by atoms with E-state index < -0.39 is 6.09 Å². The van der Waals surface area contributed by atoms with Gasteiger partial charge in [-0.3, -0.25) is 0 Å². The molecule has 30 heavy (non-hydrogen) atoms. The zero-order valence-electron chi connectivity index (χ0n) is 17.1. The van der Waals surface area contributed by atoms with Crippen LogP contribution in [0.25, 0.3) is 16.6 Å². The number of aromatic amines is 1. The van der Waals surface area contributed by atoms with Crippen LogP contribution in [0.5, 0.6) is 0 Å². The van der Waals surface area contributed by atoms with Crippen LogP contribution < -0.4 is 5.32 Å². The molecule has 0 atom stereocenters. The van der Waals surface area contributed by atoms with Crippen LogP contribution in [0.3, 0.4) is 0 Å². The topological polar surface area (TPSA) is 111 Å². The van der Waals surface area contributed by atoms with E-state index in [2.05, 4.69) is 36.6 Å². The lowest BCUT2D eigenvalue weighted by Crippen LogP contribution is -2.40. The van der Waals surface area contributed by atoms with Crippen LogP contribution in [0.1, 0.15) is 50.1 Å². The molecule has 9 heteroatoms. The number of rotatable bonds is 5. The number of H-pyrrole nitrogens is 1. The third-order valence-electron chi connectivity index (χ3n) is 7.00. The van der Waals surface area contributed by atoms with E-state index in [1.165, 1.54) is 19.4 Å². The molecule has 1 aliphatic heterocycles. The number of fused-ring (bicyclic) bond motifs is 3. The van der Waals surface area contributed by atoms with Crippen LogP contribution in [0.15, 0.2) is 18.6 Å². The van der Waals surface area contributed by atoms with Crippen LogP contribution in [0.4, 0.5) is 4.79 Å². The molecule has 0 bridgehead atoms. The Morgan fingerprint density at radius 2 is 1.97 bits per heavy atom. The summed E-state index contributed by atoms with van der Waals surface area (Å²) in [6, 6.07) is 2.06. The lowest BCUT2D eigenvalue weighted by molar-refractivity contribution is 0.139. The number of carboxylic acid groups (broad SMARTS) is 1. The van der Waals surface area contributed by atoms with Gasteiger partial charge in [-0.1, -0.05) is 5.21 Å². The van der Waals surface area contributed by atoms with Crippen molar-refractivity contribution < 1.29 is 9.90 Å². The highest BCUT2D eigenvalue weighted by Gasteiger charge is 2.29. The van der Waals surface area contributed by atoms with Crippen LogP contribution >= 0.6 is 0 Å². The van der Waals surface area contributed by atoms with E-state index in [9.17, 15) is 4.79 Å². The summed E-state index contributed by atoms with van der Waals surface area (Å²) in [5, 5.41) is 21.2. The summed E-state index contributed by atoms with van der Waals surface area (Å²) < 4.78 is 1.81. The Bertz CT molecular complexity index is 1010. The Hall–Kier alpha value is -2.68. The Morgan fingerprint density at radius 1 is 1.17 bits per heavy atom. The maximum Gasteiger partial charge on any atom is 0.404 e. The molecular weight excluding hydrogens is 382 g/mol. The lowest BCUT2D eigenvalue weighted by atomic mass is 9.79. The van der Waals surface area contributed by atoms with Crippen LogP contribution in [0.2, 0.25) is 0 Å². The van der Waals surface area contributed by atoms with E-state index in [0.29, 0.717) is 18.4 Å². The zero-order valence-corrected chi connectivity index (χ0v) is 17.1. The van der Waals surface area contributed by atoms with Gasteiger partial charge in [0.1, 0.15) is 17.5 Å². The number of hydrogen-bond acceptors (Lipinski definition) is 5. The Balaban J connectivity index is 1.16. The molecular formula is C21H29N7O2. The quantitative estimate of drug-likeness (QED) is 0.595. The van der Waals surface area contributed by atoms with Crippen LogP contribution in [-0.4, -0.2) is 67.1 Å². The molecule has 160 valence electrons. The fraction of sp³-hybridized carbons (Fsp3) is 0.619. The molecule has 2 fully saturated rings. The van der Waals surface area contributed by atoms with E-state index in [0.717, 1.165) is 66.9 Å². The number of aromatic nitrogens is 5. The number of likely N-dealkylation sites (tertiary alicyclic amines) is 1. The predicted octanol–water partition coefficient (Wildman–Crippen LogP) is 2.86. The van der Waals surface area contributed by atoms with Gasteiger partial charge in [0.25, 0.3) is 0 Å². The normalized spacial score (nSPS) is 23.9. The number of nitrogens with zero attached hydrogens (tertiary/aromatic N) is 5. The van der Waals surface area contributed by atoms with Crippen LogP contribution in [0, 0.1) is 11.8 Å². The first-order chi connectivity index (χ1) is 14.7. The van der Waals surface area contributed by atoms with Crippen molar-refractivity contribution in [3.8, 4) is 0 Å². The monoisotopic (exact) mass is 411 g/mol. The molecule has 9 nitrogen and oxygen atoms in total. The second-order valence-electron chi connectivity index (χ2n) is 8.90. The molecule has 0 unspecified atom stereocenters. The Kier molecular flexibility index (Phi) is 5.28. The molecule has 1 saturated heterocycles. The average molecular weight is 412 g/mol. The van der Waals surface area contributed by atoms with Gasteiger partial charge < -0.3 is 20.3 Å². The first-order valence-corrected chi connectivity index (χ1v) is 11.0. The molecule has 5 rings (SSSR count). The standard InChI is InChI=1S/C21H29N7O2/c29-21(30)23-11-14-6-9-27(10-7-14)12-15-1-3-16(4-2-15)18-19-17-5-8-22-20(17)24-13-28(19)26-25-18/h5,8,13-16,22-23H,1-4,6-7,9-12H2,(H,29,30)/t15-,16-. The van der Waals surface area contributed by atoms with E-state index in [4.69, 9.17) is 5.11 Å². The number of piperidine rings is 1. The molecule has 1 saturated carbocycles. The first kappa shape index (κ1) is 19.3. The number of nitrogens with one attached hydrogen (secondary N) is 2. The molecule has 2 aliphatic rings. The largest absolute Gasteiger partial charge is 0.465 e. The highest BCUT2D eigenvalue weighted by molar-refractivity contribution is 5.92. The number of carbonyl (C=O) groups is 1. The summed E-state index contributed by atoms with van der Waals surface area (Å²) in [4.78, 5) is 20.8. The fourth-order valence-electron chi connectivity index (χ4n) is 5.28. The van der Waals surface area contributed by atoms with E-state index in [1.807, 2.05) is 6.20 Å². The third-order valence-corrected chi connectivity index (χ3v) is 7.00. The van der Waals surface area contributed by atoms with Crippen molar-refractivity contribution in [3.63, 3.8) is 0 Å². The Morgan fingerprint density at radius 3 is 2.73 bits per heavy atom. The summed E-state index contributed by atoms with van der Waals surface area (Å²) >= 11 is 0. The minimum absolute atomic E-state index is 0.465. The number of hydrogen-bond donors (Lipinski definition) is 3. The molecule has 4 heterocycles.